The lowest BCUT2D eigenvalue weighted by Gasteiger charge is -2.41. The molecule has 0 bridgehead atoms. The highest BCUT2D eigenvalue weighted by molar-refractivity contribution is 7.80. The van der Waals surface area contributed by atoms with Gasteiger partial charge in [-0.1, -0.05) is 0 Å². The molecule has 5 atom stereocenters. The Morgan fingerprint density at radius 2 is 1.89 bits per heavy atom. The van der Waals surface area contributed by atoms with Crippen LogP contribution in [-0.2, 0) is 19.3 Å². The van der Waals surface area contributed by atoms with Crippen LogP contribution in [0.2, 0.25) is 0 Å². The van der Waals surface area contributed by atoms with Gasteiger partial charge in [0.15, 0.2) is 0 Å². The number of aliphatic hydroxyl groups is 2. The summed E-state index contributed by atoms with van der Waals surface area (Å²) in [5.41, 5.74) is 0. The summed E-state index contributed by atoms with van der Waals surface area (Å²) in [7, 11) is -3.48. The molecule has 0 aliphatic carbocycles. The monoisotopic (exact) mass is 406 g/mol. The topological polar surface area (TPSA) is 167 Å². The van der Waals surface area contributed by atoms with E-state index in [4.69, 9.17) is 18.8 Å². The van der Waals surface area contributed by atoms with Gasteiger partial charge in [-0.25, -0.2) is 4.18 Å². The molecule has 0 saturated carbocycles. The predicted molar refractivity (Wildman–Crippen MR) is 88.7 cm³/mol. The Bertz CT molecular complexity index is 746. The first kappa shape index (κ1) is 21.3. The van der Waals surface area contributed by atoms with Crippen molar-refractivity contribution in [2.75, 3.05) is 13.7 Å². The van der Waals surface area contributed by atoms with E-state index in [-0.39, 0.29) is 5.75 Å². The van der Waals surface area contributed by atoms with Crippen LogP contribution in [-0.4, -0.2) is 73.4 Å². The first-order valence-corrected chi connectivity index (χ1v) is 9.13. The molecule has 0 radical (unpaired) electrons. The molecule has 11 nitrogen and oxygen atoms in total. The van der Waals surface area contributed by atoms with E-state index in [9.17, 15) is 23.7 Å². The van der Waals surface area contributed by atoms with Gasteiger partial charge in [-0.3, -0.25) is 9.55 Å². The number of aliphatic imine (C=N–C) groups is 1. The second-order valence-corrected chi connectivity index (χ2v) is 6.68. The SMILES string of the molecule is COc1ccc(O[C@@H]2O[C@H](CO)[C@H](OS(=O)(=O)O)[C@H](O)[C@H]2N=C(C)[O-])cc1. The highest BCUT2D eigenvalue weighted by Gasteiger charge is 2.48. The molecule has 1 fully saturated rings. The molecule has 2 rings (SSSR count). The lowest BCUT2D eigenvalue weighted by molar-refractivity contribution is -0.240. The maximum Gasteiger partial charge on any atom is 0.397 e. The maximum absolute atomic E-state index is 11.4. The van der Waals surface area contributed by atoms with Crippen molar-refractivity contribution in [2.45, 2.75) is 37.6 Å². The Labute approximate surface area is 155 Å². The molecule has 0 amide bonds. The van der Waals surface area contributed by atoms with E-state index < -0.39 is 53.5 Å². The molecule has 1 aliphatic rings. The minimum absolute atomic E-state index is 0.280. The second kappa shape index (κ2) is 8.82. The molecule has 0 spiro atoms. The van der Waals surface area contributed by atoms with Gasteiger partial charge < -0.3 is 29.5 Å². The van der Waals surface area contributed by atoms with Crippen LogP contribution in [0.1, 0.15) is 6.92 Å². The Kier molecular flexibility index (Phi) is 6.97. The van der Waals surface area contributed by atoms with Crippen LogP contribution in [0.25, 0.3) is 0 Å². The summed E-state index contributed by atoms with van der Waals surface area (Å²) in [5.74, 6) is 0.161. The fraction of sp³-hybridized carbons (Fsp3) is 0.533. The number of rotatable bonds is 7. The zero-order valence-electron chi connectivity index (χ0n) is 14.5. The molecular formula is C15H20NO10S-. The van der Waals surface area contributed by atoms with Crippen LogP contribution in [0.5, 0.6) is 11.5 Å². The largest absolute Gasteiger partial charge is 0.862 e. The minimum atomic E-state index is -4.97. The van der Waals surface area contributed by atoms with Gasteiger partial charge in [0.25, 0.3) is 0 Å². The smallest absolute Gasteiger partial charge is 0.397 e. The summed E-state index contributed by atoms with van der Waals surface area (Å²) >= 11 is 0. The average Bonchev–Trinajstić information content (AvgIpc) is 2.59. The quantitative estimate of drug-likeness (QED) is 0.275. The minimum Gasteiger partial charge on any atom is -0.862 e. The fourth-order valence-electron chi connectivity index (χ4n) is 2.54. The van der Waals surface area contributed by atoms with Crippen molar-refractivity contribution in [3.8, 4) is 11.5 Å². The maximum atomic E-state index is 11.4. The van der Waals surface area contributed by atoms with Gasteiger partial charge in [0.1, 0.15) is 35.9 Å². The van der Waals surface area contributed by atoms with Gasteiger partial charge >= 0.3 is 10.4 Å². The summed E-state index contributed by atoms with van der Waals surface area (Å²) in [4.78, 5) is 3.68. The number of methoxy groups -OCH3 is 1. The zero-order chi connectivity index (χ0) is 20.2. The number of ether oxygens (including phenoxy) is 3. The first-order valence-electron chi connectivity index (χ1n) is 7.77. The van der Waals surface area contributed by atoms with Gasteiger partial charge in [0.05, 0.1) is 13.7 Å². The van der Waals surface area contributed by atoms with E-state index in [1.807, 2.05) is 0 Å². The van der Waals surface area contributed by atoms with Crippen molar-refractivity contribution in [1.29, 1.82) is 0 Å². The number of benzene rings is 1. The van der Waals surface area contributed by atoms with Crippen LogP contribution >= 0.6 is 0 Å². The third-order valence-electron chi connectivity index (χ3n) is 3.70. The van der Waals surface area contributed by atoms with E-state index in [2.05, 4.69) is 9.18 Å². The molecule has 1 aromatic carbocycles. The highest BCUT2D eigenvalue weighted by Crippen LogP contribution is 2.29. The van der Waals surface area contributed by atoms with Crippen LogP contribution < -0.4 is 14.6 Å². The van der Waals surface area contributed by atoms with E-state index in [0.29, 0.717) is 5.75 Å². The molecule has 0 unspecified atom stereocenters. The van der Waals surface area contributed by atoms with Crippen molar-refractivity contribution in [3.05, 3.63) is 24.3 Å². The molecule has 12 heteroatoms. The normalized spacial score (nSPS) is 29.4. The number of nitrogens with zero attached hydrogens (tertiary/aromatic N) is 1. The number of aliphatic hydroxyl groups excluding tert-OH is 2. The van der Waals surface area contributed by atoms with Crippen molar-refractivity contribution in [2.24, 2.45) is 4.99 Å². The Balaban J connectivity index is 2.30. The molecule has 1 saturated heterocycles. The Morgan fingerprint density at radius 1 is 1.30 bits per heavy atom. The van der Waals surface area contributed by atoms with Crippen LogP contribution in [0, 0.1) is 0 Å². The molecule has 3 N–H and O–H groups in total. The summed E-state index contributed by atoms with van der Waals surface area (Å²) in [6, 6.07) is 4.89. The fourth-order valence-corrected chi connectivity index (χ4v) is 3.06. The second-order valence-electron chi connectivity index (χ2n) is 5.64. The number of hydrogen-bond acceptors (Lipinski definition) is 10. The molecule has 1 aliphatic heterocycles. The van der Waals surface area contributed by atoms with E-state index >= 15 is 0 Å². The molecule has 1 heterocycles. The summed E-state index contributed by atoms with van der Waals surface area (Å²) in [6.45, 7) is 0.362. The van der Waals surface area contributed by atoms with E-state index in [1.54, 1.807) is 12.1 Å². The molecule has 0 aromatic heterocycles. The van der Waals surface area contributed by atoms with Crippen molar-refractivity contribution < 1.29 is 46.7 Å². The first-order chi connectivity index (χ1) is 12.6. The standard InChI is InChI=1S/C15H21NO10S/c1-8(18)16-12-13(19)14(26-27(20,21)22)11(7-17)25-15(12)24-10-5-3-9(23-2)4-6-10/h3-6,11-15,17,19H,7H2,1-2H3,(H,16,18)(H,20,21,22)/p-1/t11-,12-,13-,14+,15-/m1/s1. The Hall–Kier alpha value is -1.96. The van der Waals surface area contributed by atoms with Crippen molar-refractivity contribution >= 4 is 16.3 Å². The third-order valence-corrected chi connectivity index (χ3v) is 4.16. The van der Waals surface area contributed by atoms with Crippen LogP contribution in [0.15, 0.2) is 29.3 Å². The van der Waals surface area contributed by atoms with Gasteiger partial charge in [0, 0.05) is 0 Å². The summed E-state index contributed by atoms with van der Waals surface area (Å²) in [6.07, 6.45) is -6.14. The van der Waals surface area contributed by atoms with Crippen LogP contribution in [0.3, 0.4) is 0 Å². The average molecular weight is 406 g/mol. The Morgan fingerprint density at radius 3 is 2.37 bits per heavy atom. The van der Waals surface area contributed by atoms with Gasteiger partial charge in [0.2, 0.25) is 6.29 Å². The van der Waals surface area contributed by atoms with Gasteiger partial charge in [-0.15, -0.1) is 0 Å². The van der Waals surface area contributed by atoms with Crippen molar-refractivity contribution in [1.82, 2.24) is 0 Å². The van der Waals surface area contributed by atoms with E-state index in [1.165, 1.54) is 19.2 Å². The molecular weight excluding hydrogens is 386 g/mol. The van der Waals surface area contributed by atoms with Gasteiger partial charge in [-0.05, 0) is 37.1 Å². The lowest BCUT2D eigenvalue weighted by Crippen LogP contribution is -2.61. The summed E-state index contributed by atoms with van der Waals surface area (Å²) in [5, 5.41) is 31.3. The zero-order valence-corrected chi connectivity index (χ0v) is 15.3. The van der Waals surface area contributed by atoms with E-state index in [0.717, 1.165) is 6.92 Å². The predicted octanol–water partition coefficient (Wildman–Crippen LogP) is -1.51. The lowest BCUT2D eigenvalue weighted by atomic mass is 9.97. The van der Waals surface area contributed by atoms with Gasteiger partial charge in [-0.2, -0.15) is 8.42 Å². The highest BCUT2D eigenvalue weighted by atomic mass is 32.3. The molecule has 1 aromatic rings. The third kappa shape index (κ3) is 5.76. The number of hydrogen-bond donors (Lipinski definition) is 3. The van der Waals surface area contributed by atoms with Crippen molar-refractivity contribution in [3.63, 3.8) is 0 Å². The molecule has 152 valence electrons. The molecule has 27 heavy (non-hydrogen) atoms. The van der Waals surface area contributed by atoms with Crippen LogP contribution in [0.4, 0.5) is 0 Å². The summed E-state index contributed by atoms with van der Waals surface area (Å²) < 4.78 is 51.3.